The van der Waals surface area contributed by atoms with Crippen molar-refractivity contribution in [1.29, 1.82) is 0 Å². The van der Waals surface area contributed by atoms with Crippen LogP contribution >= 0.6 is 0 Å². The van der Waals surface area contributed by atoms with Crippen molar-refractivity contribution in [1.82, 2.24) is 9.88 Å². The Morgan fingerprint density at radius 1 is 0.860 bits per heavy atom. The fourth-order valence-corrected chi connectivity index (χ4v) is 4.09. The van der Waals surface area contributed by atoms with E-state index in [9.17, 15) is 14.0 Å². The Balaban J connectivity index is 1.64. The molecule has 9 heteroatoms. The number of carbonyl (C=O) groups excluding carboxylic acids is 2. The summed E-state index contributed by atoms with van der Waals surface area (Å²) in [7, 11) is 1.60. The van der Waals surface area contributed by atoms with Gasteiger partial charge in [-0.3, -0.25) is 4.79 Å². The molecule has 1 heterocycles. The summed E-state index contributed by atoms with van der Waals surface area (Å²) >= 11 is 0. The van der Waals surface area contributed by atoms with Gasteiger partial charge in [-0.05, 0) is 47.9 Å². The van der Waals surface area contributed by atoms with Crippen LogP contribution in [-0.2, 0) is 29.3 Å². The maximum Gasteiger partial charge on any atom is 0.330 e. The van der Waals surface area contributed by atoms with Gasteiger partial charge >= 0.3 is 5.97 Å². The van der Waals surface area contributed by atoms with Gasteiger partial charge < -0.3 is 23.8 Å². The van der Waals surface area contributed by atoms with Crippen LogP contribution in [0.25, 0.3) is 0 Å². The lowest BCUT2D eigenvalue weighted by molar-refractivity contribution is -0.137. The predicted molar refractivity (Wildman–Crippen MR) is 159 cm³/mol. The average Bonchev–Trinajstić information content (AvgIpc) is 3.04. The first-order valence-electron chi connectivity index (χ1n) is 13.7. The van der Waals surface area contributed by atoms with Gasteiger partial charge in [0.1, 0.15) is 24.8 Å². The topological polar surface area (TPSA) is 87.2 Å². The van der Waals surface area contributed by atoms with Crippen LogP contribution in [0.15, 0.2) is 103 Å². The molecule has 3 aromatic carbocycles. The van der Waals surface area contributed by atoms with E-state index in [4.69, 9.17) is 18.9 Å². The quantitative estimate of drug-likeness (QED) is 0.130. The number of methoxy groups -OCH3 is 1. The van der Waals surface area contributed by atoms with Crippen molar-refractivity contribution in [3.8, 4) is 17.2 Å². The molecule has 0 unspecified atom stereocenters. The highest BCUT2D eigenvalue weighted by Crippen LogP contribution is 2.33. The molecule has 0 radical (unpaired) electrons. The van der Waals surface area contributed by atoms with Gasteiger partial charge in [-0.1, -0.05) is 60.7 Å². The third-order valence-electron chi connectivity index (χ3n) is 6.29. The number of benzene rings is 3. The van der Waals surface area contributed by atoms with Crippen LogP contribution in [0.2, 0.25) is 0 Å². The van der Waals surface area contributed by atoms with E-state index in [1.807, 2.05) is 54.6 Å². The van der Waals surface area contributed by atoms with Gasteiger partial charge in [-0.25, -0.2) is 14.2 Å². The molecule has 0 atom stereocenters. The Hall–Kier alpha value is -5.18. The number of pyridine rings is 1. The van der Waals surface area contributed by atoms with E-state index in [1.54, 1.807) is 32.2 Å². The van der Waals surface area contributed by atoms with Crippen molar-refractivity contribution in [2.45, 2.75) is 26.7 Å². The number of esters is 1. The molecule has 1 amide bonds. The fourth-order valence-electron chi connectivity index (χ4n) is 4.09. The largest absolute Gasteiger partial charge is 0.497 e. The summed E-state index contributed by atoms with van der Waals surface area (Å²) in [4.78, 5) is 31.8. The molecule has 8 nitrogen and oxygen atoms in total. The van der Waals surface area contributed by atoms with Gasteiger partial charge in [-0.15, -0.1) is 0 Å². The molecule has 222 valence electrons. The molecule has 0 saturated heterocycles. The smallest absolute Gasteiger partial charge is 0.330 e. The summed E-state index contributed by atoms with van der Waals surface area (Å²) < 4.78 is 36.1. The second-order valence-electron chi connectivity index (χ2n) is 9.36. The number of rotatable bonds is 14. The van der Waals surface area contributed by atoms with Gasteiger partial charge in [0.2, 0.25) is 0 Å². The number of hydrogen-bond donors (Lipinski definition) is 0. The van der Waals surface area contributed by atoms with Gasteiger partial charge in [0.15, 0.2) is 17.2 Å². The van der Waals surface area contributed by atoms with Gasteiger partial charge in [0.05, 0.1) is 13.7 Å². The number of aromatic nitrogens is 1. The average molecular weight is 585 g/mol. The molecule has 0 spiro atoms. The summed E-state index contributed by atoms with van der Waals surface area (Å²) in [5, 5.41) is 0. The third kappa shape index (κ3) is 9.16. The summed E-state index contributed by atoms with van der Waals surface area (Å²) in [5.41, 5.74) is 2.51. The first kappa shape index (κ1) is 30.8. The van der Waals surface area contributed by atoms with Gasteiger partial charge in [0.25, 0.3) is 5.91 Å². The first-order chi connectivity index (χ1) is 21.0. The summed E-state index contributed by atoms with van der Waals surface area (Å²) in [6.07, 6.45) is 4.29. The number of amides is 1. The Bertz CT molecular complexity index is 1510. The summed E-state index contributed by atoms with van der Waals surface area (Å²) in [6, 6.07) is 24.5. The zero-order valence-electron chi connectivity index (χ0n) is 24.1. The highest BCUT2D eigenvalue weighted by atomic mass is 19.1. The van der Waals surface area contributed by atoms with E-state index in [0.29, 0.717) is 11.3 Å². The third-order valence-corrected chi connectivity index (χ3v) is 6.29. The highest BCUT2D eigenvalue weighted by molar-refractivity contribution is 5.96. The predicted octanol–water partition coefficient (Wildman–Crippen LogP) is 6.15. The molecular formula is C34H33FN2O6. The van der Waals surface area contributed by atoms with E-state index in [1.165, 1.54) is 35.4 Å². The van der Waals surface area contributed by atoms with Gasteiger partial charge in [0, 0.05) is 31.4 Å². The second kappa shape index (κ2) is 15.7. The maximum atomic E-state index is 14.0. The maximum absolute atomic E-state index is 14.0. The first-order valence-corrected chi connectivity index (χ1v) is 13.7. The second-order valence-corrected chi connectivity index (χ2v) is 9.36. The minimum absolute atomic E-state index is 0.0369. The van der Waals surface area contributed by atoms with Crippen LogP contribution in [0.5, 0.6) is 17.2 Å². The molecule has 4 aromatic rings. The molecule has 0 aliphatic rings. The molecule has 0 saturated carbocycles. The fraction of sp³-hybridized carbons (Fsp3) is 0.206. The minimum atomic E-state index is -0.518. The Labute approximate surface area is 250 Å². The van der Waals surface area contributed by atoms with Crippen molar-refractivity contribution in [3.63, 3.8) is 0 Å². The van der Waals surface area contributed by atoms with Crippen molar-refractivity contribution in [2.75, 3.05) is 20.3 Å². The molecule has 43 heavy (non-hydrogen) atoms. The molecule has 0 aliphatic heterocycles. The van der Waals surface area contributed by atoms with Crippen LogP contribution < -0.4 is 14.2 Å². The lowest BCUT2D eigenvalue weighted by atomic mass is 10.2. The van der Waals surface area contributed by atoms with Crippen LogP contribution in [0.3, 0.4) is 0 Å². The van der Waals surface area contributed by atoms with Crippen molar-refractivity contribution < 1.29 is 32.9 Å². The van der Waals surface area contributed by atoms with Crippen LogP contribution in [0.4, 0.5) is 4.39 Å². The van der Waals surface area contributed by atoms with Crippen molar-refractivity contribution >= 4 is 11.9 Å². The number of carbonyl (C=O) groups is 2. The zero-order valence-corrected chi connectivity index (χ0v) is 24.1. The number of nitrogens with zero attached hydrogens (tertiary/aromatic N) is 2. The van der Waals surface area contributed by atoms with E-state index < -0.39 is 11.9 Å². The monoisotopic (exact) mass is 584 g/mol. The number of halogens is 1. The van der Waals surface area contributed by atoms with Gasteiger partial charge in [-0.2, -0.15) is 0 Å². The molecular weight excluding hydrogens is 551 g/mol. The van der Waals surface area contributed by atoms with Crippen molar-refractivity contribution in [3.05, 3.63) is 131 Å². The van der Waals surface area contributed by atoms with Crippen molar-refractivity contribution in [2.24, 2.45) is 0 Å². The normalized spacial score (nSPS) is 10.8. The molecule has 0 bridgehead atoms. The lowest BCUT2D eigenvalue weighted by Crippen LogP contribution is -2.32. The minimum Gasteiger partial charge on any atom is -0.497 e. The standard InChI is InChI=1S/C34H33FN2O6/c1-3-41-31(38)10-7-21-37(22-25-11-15-28(35)16-12-25)34(39)32-33(43-24-26-8-5-4-6-9-26)30(19-20-36-32)42-23-27-13-17-29(40-2)18-14-27/h4-20H,3,21-24H2,1-2H3. The Morgan fingerprint density at radius 3 is 2.23 bits per heavy atom. The molecule has 1 aromatic heterocycles. The summed E-state index contributed by atoms with van der Waals surface area (Å²) in [5.74, 6) is -0.113. The van der Waals surface area contributed by atoms with E-state index in [0.717, 1.165) is 16.9 Å². The number of ether oxygens (including phenoxy) is 4. The number of hydrogen-bond acceptors (Lipinski definition) is 7. The molecule has 0 fully saturated rings. The molecule has 4 rings (SSSR count). The van der Waals surface area contributed by atoms with Crippen LogP contribution in [0.1, 0.15) is 34.1 Å². The van der Waals surface area contributed by atoms with E-state index >= 15 is 0 Å². The Morgan fingerprint density at radius 2 is 1.53 bits per heavy atom. The van der Waals surface area contributed by atoms with E-state index in [2.05, 4.69) is 4.98 Å². The van der Waals surface area contributed by atoms with Crippen LogP contribution in [-0.4, -0.2) is 42.0 Å². The van der Waals surface area contributed by atoms with Crippen LogP contribution in [0, 0.1) is 5.82 Å². The Kier molecular flexibility index (Phi) is 11.2. The lowest BCUT2D eigenvalue weighted by Gasteiger charge is -2.23. The molecule has 0 aliphatic carbocycles. The molecule has 0 N–H and O–H groups in total. The SMILES string of the molecule is CCOC(=O)C=CCN(Cc1ccc(F)cc1)C(=O)c1nccc(OCc2ccc(OC)cc2)c1OCc1ccccc1. The zero-order chi connectivity index (χ0) is 30.4. The van der Waals surface area contributed by atoms with E-state index in [-0.39, 0.29) is 50.2 Å². The summed E-state index contributed by atoms with van der Waals surface area (Å²) in [6.45, 7) is 2.52. The highest BCUT2D eigenvalue weighted by Gasteiger charge is 2.25.